The predicted octanol–water partition coefficient (Wildman–Crippen LogP) is 3.24. The van der Waals surface area contributed by atoms with Gasteiger partial charge in [0, 0.05) is 29.0 Å². The maximum atomic E-state index is 12.6. The number of halogens is 1. The maximum Gasteiger partial charge on any atom is 0.309 e. The van der Waals surface area contributed by atoms with Crippen LogP contribution in [0.1, 0.15) is 30.3 Å². The van der Waals surface area contributed by atoms with Gasteiger partial charge in [-0.15, -0.1) is 0 Å². The van der Waals surface area contributed by atoms with Crippen molar-refractivity contribution in [1.29, 1.82) is 0 Å². The molecule has 1 aromatic carbocycles. The van der Waals surface area contributed by atoms with Crippen LogP contribution in [-0.4, -0.2) is 41.5 Å². The summed E-state index contributed by atoms with van der Waals surface area (Å²) in [5.41, 5.74) is 1.40. The zero-order valence-electron chi connectivity index (χ0n) is 13.0. The summed E-state index contributed by atoms with van der Waals surface area (Å²) in [5.74, 6) is -0.292. The molecule has 1 aliphatic rings. The van der Waals surface area contributed by atoms with Crippen LogP contribution < -0.4 is 0 Å². The van der Waals surface area contributed by atoms with E-state index < -0.39 is 0 Å². The highest BCUT2D eigenvalue weighted by molar-refractivity contribution is 6.31. The molecule has 0 aliphatic carbocycles. The van der Waals surface area contributed by atoms with Crippen LogP contribution in [0.5, 0.6) is 0 Å². The number of hydrogen-bond donors (Lipinski definition) is 1. The Bertz CT molecular complexity index is 733. The monoisotopic (exact) mass is 334 g/mol. The third kappa shape index (κ3) is 3.34. The summed E-state index contributed by atoms with van der Waals surface area (Å²) in [6.45, 7) is 3.34. The number of fused-ring (bicyclic) bond motifs is 1. The number of carbonyl (C=O) groups is 2. The first-order valence-corrected chi connectivity index (χ1v) is 8.20. The van der Waals surface area contributed by atoms with Crippen molar-refractivity contribution in [2.75, 3.05) is 19.7 Å². The Hall–Kier alpha value is -2.01. The van der Waals surface area contributed by atoms with Crippen LogP contribution in [0.2, 0.25) is 5.02 Å². The second-order valence-corrected chi connectivity index (χ2v) is 6.17. The number of esters is 1. The lowest BCUT2D eigenvalue weighted by molar-refractivity contribution is -0.149. The average molecular weight is 335 g/mol. The average Bonchev–Trinajstić information content (AvgIpc) is 2.97. The van der Waals surface area contributed by atoms with Crippen molar-refractivity contribution in [2.45, 2.75) is 19.8 Å². The second kappa shape index (κ2) is 6.62. The van der Waals surface area contributed by atoms with E-state index in [0.29, 0.717) is 43.3 Å². The molecule has 1 amide bonds. The van der Waals surface area contributed by atoms with Crippen molar-refractivity contribution in [3.8, 4) is 0 Å². The predicted molar refractivity (Wildman–Crippen MR) is 88.6 cm³/mol. The normalized spacial score (nSPS) is 15.8. The quantitative estimate of drug-likeness (QED) is 0.876. The molecule has 0 unspecified atom stereocenters. The molecule has 1 aliphatic heterocycles. The number of likely N-dealkylation sites (tertiary alicyclic amines) is 1. The van der Waals surface area contributed by atoms with Gasteiger partial charge in [0.15, 0.2) is 0 Å². The van der Waals surface area contributed by atoms with E-state index in [1.54, 1.807) is 24.0 Å². The number of rotatable bonds is 3. The fourth-order valence-electron chi connectivity index (χ4n) is 2.96. The molecule has 0 radical (unpaired) electrons. The highest BCUT2D eigenvalue weighted by Gasteiger charge is 2.29. The van der Waals surface area contributed by atoms with E-state index in [0.717, 1.165) is 10.9 Å². The molecular weight excluding hydrogens is 316 g/mol. The van der Waals surface area contributed by atoms with Gasteiger partial charge in [-0.05, 0) is 38.0 Å². The molecular formula is C17H19ClN2O3. The van der Waals surface area contributed by atoms with Crippen molar-refractivity contribution in [2.24, 2.45) is 5.92 Å². The van der Waals surface area contributed by atoms with E-state index in [9.17, 15) is 9.59 Å². The molecule has 1 N–H and O–H groups in total. The third-order valence-corrected chi connectivity index (χ3v) is 4.45. The number of nitrogens with zero attached hydrogens (tertiary/aromatic N) is 1. The number of benzene rings is 1. The van der Waals surface area contributed by atoms with Gasteiger partial charge in [-0.2, -0.15) is 0 Å². The molecule has 6 heteroatoms. The Morgan fingerprint density at radius 1 is 1.30 bits per heavy atom. The van der Waals surface area contributed by atoms with Crippen molar-refractivity contribution in [3.63, 3.8) is 0 Å². The topological polar surface area (TPSA) is 62.4 Å². The first-order chi connectivity index (χ1) is 11.1. The van der Waals surface area contributed by atoms with E-state index in [1.807, 2.05) is 12.1 Å². The van der Waals surface area contributed by atoms with E-state index >= 15 is 0 Å². The zero-order valence-corrected chi connectivity index (χ0v) is 13.7. The summed E-state index contributed by atoms with van der Waals surface area (Å²) in [6, 6.07) is 7.33. The van der Waals surface area contributed by atoms with Crippen molar-refractivity contribution in [3.05, 3.63) is 35.0 Å². The van der Waals surface area contributed by atoms with Crippen LogP contribution in [0.25, 0.3) is 10.9 Å². The molecule has 5 nitrogen and oxygen atoms in total. The summed E-state index contributed by atoms with van der Waals surface area (Å²) in [5, 5.41) is 1.59. The molecule has 122 valence electrons. The SMILES string of the molecule is CCOC(=O)C1CCN(C(=O)c2cc3ccc(Cl)cc3[nH]2)CC1. The fraction of sp³-hybridized carbons (Fsp3) is 0.412. The van der Waals surface area contributed by atoms with Gasteiger partial charge in [-0.25, -0.2) is 0 Å². The van der Waals surface area contributed by atoms with Crippen LogP contribution in [0, 0.1) is 5.92 Å². The minimum Gasteiger partial charge on any atom is -0.466 e. The van der Waals surface area contributed by atoms with Crippen LogP contribution in [-0.2, 0) is 9.53 Å². The summed E-state index contributed by atoms with van der Waals surface area (Å²) in [7, 11) is 0. The molecule has 23 heavy (non-hydrogen) atoms. The van der Waals surface area contributed by atoms with E-state index in [-0.39, 0.29) is 17.8 Å². The number of carbonyl (C=O) groups excluding carboxylic acids is 2. The van der Waals surface area contributed by atoms with E-state index in [1.165, 1.54) is 0 Å². The maximum absolute atomic E-state index is 12.6. The smallest absolute Gasteiger partial charge is 0.309 e. The molecule has 3 rings (SSSR count). The number of hydrogen-bond acceptors (Lipinski definition) is 3. The van der Waals surface area contributed by atoms with Crippen molar-refractivity contribution in [1.82, 2.24) is 9.88 Å². The molecule has 1 aromatic heterocycles. The van der Waals surface area contributed by atoms with Crippen LogP contribution in [0.4, 0.5) is 0 Å². The summed E-state index contributed by atoms with van der Waals surface area (Å²) in [4.78, 5) is 29.3. The zero-order chi connectivity index (χ0) is 16.4. The number of nitrogens with one attached hydrogen (secondary N) is 1. The van der Waals surface area contributed by atoms with Crippen molar-refractivity contribution < 1.29 is 14.3 Å². The molecule has 2 heterocycles. The Labute approximate surface area is 139 Å². The number of aromatic amines is 1. The third-order valence-electron chi connectivity index (χ3n) is 4.22. The Morgan fingerprint density at radius 2 is 2.04 bits per heavy atom. The lowest BCUT2D eigenvalue weighted by Gasteiger charge is -2.30. The molecule has 0 spiro atoms. The Morgan fingerprint density at radius 3 is 2.74 bits per heavy atom. The highest BCUT2D eigenvalue weighted by atomic mass is 35.5. The van der Waals surface area contributed by atoms with Gasteiger partial charge in [-0.1, -0.05) is 17.7 Å². The lowest BCUT2D eigenvalue weighted by atomic mass is 9.97. The summed E-state index contributed by atoms with van der Waals surface area (Å²) in [6.07, 6.45) is 1.30. The lowest BCUT2D eigenvalue weighted by Crippen LogP contribution is -2.40. The number of aromatic nitrogens is 1. The van der Waals surface area contributed by atoms with Gasteiger partial charge >= 0.3 is 5.97 Å². The number of amides is 1. The molecule has 1 saturated heterocycles. The molecule has 1 fully saturated rings. The number of piperidine rings is 1. The van der Waals surface area contributed by atoms with Gasteiger partial charge < -0.3 is 14.6 Å². The second-order valence-electron chi connectivity index (χ2n) is 5.73. The molecule has 0 bridgehead atoms. The van der Waals surface area contributed by atoms with Gasteiger partial charge in [0.05, 0.1) is 12.5 Å². The van der Waals surface area contributed by atoms with Gasteiger partial charge in [-0.3, -0.25) is 9.59 Å². The fourth-order valence-corrected chi connectivity index (χ4v) is 3.14. The highest BCUT2D eigenvalue weighted by Crippen LogP contribution is 2.23. The summed E-state index contributed by atoms with van der Waals surface area (Å²) < 4.78 is 5.05. The first kappa shape index (κ1) is 15.9. The number of H-pyrrole nitrogens is 1. The Balaban J connectivity index is 1.67. The van der Waals surface area contributed by atoms with Gasteiger partial charge in [0.1, 0.15) is 5.69 Å². The van der Waals surface area contributed by atoms with E-state index in [2.05, 4.69) is 4.98 Å². The van der Waals surface area contributed by atoms with Crippen molar-refractivity contribution >= 4 is 34.4 Å². The van der Waals surface area contributed by atoms with Gasteiger partial charge in [0.2, 0.25) is 0 Å². The number of ether oxygens (including phenoxy) is 1. The van der Waals surface area contributed by atoms with Gasteiger partial charge in [0.25, 0.3) is 5.91 Å². The first-order valence-electron chi connectivity index (χ1n) is 7.82. The van der Waals surface area contributed by atoms with Crippen LogP contribution in [0.15, 0.2) is 24.3 Å². The molecule has 2 aromatic rings. The largest absolute Gasteiger partial charge is 0.466 e. The standard InChI is InChI=1S/C17H19ClN2O3/c1-2-23-17(22)11-5-7-20(8-6-11)16(21)15-9-12-3-4-13(18)10-14(12)19-15/h3-4,9-11,19H,2,5-8H2,1H3. The molecule has 0 atom stereocenters. The van der Waals surface area contributed by atoms with Crippen LogP contribution in [0.3, 0.4) is 0 Å². The molecule has 0 saturated carbocycles. The Kier molecular flexibility index (Phi) is 4.57. The summed E-state index contributed by atoms with van der Waals surface area (Å²) >= 11 is 5.97. The van der Waals surface area contributed by atoms with Crippen LogP contribution >= 0.6 is 11.6 Å². The minimum atomic E-state index is -0.153. The minimum absolute atomic E-state index is 0.0420. The van der Waals surface area contributed by atoms with E-state index in [4.69, 9.17) is 16.3 Å².